The van der Waals surface area contributed by atoms with Crippen LogP contribution in [0.15, 0.2) is 54.6 Å². The number of benzene rings is 2. The van der Waals surface area contributed by atoms with Gasteiger partial charge in [0.25, 0.3) is 5.91 Å². The quantitative estimate of drug-likeness (QED) is 0.665. The van der Waals surface area contributed by atoms with Gasteiger partial charge in [-0.25, -0.2) is 4.39 Å². The Morgan fingerprint density at radius 2 is 1.81 bits per heavy atom. The maximum absolute atomic E-state index is 13.1. The van der Waals surface area contributed by atoms with Crippen LogP contribution >= 0.6 is 0 Å². The first kappa shape index (κ1) is 20.1. The Labute approximate surface area is 158 Å². The predicted octanol–water partition coefficient (Wildman–Crippen LogP) is 3.81. The number of anilines is 1. The van der Waals surface area contributed by atoms with E-state index in [4.69, 9.17) is 10.00 Å². The largest absolute Gasteiger partial charge is 0.456 e. The fraction of sp³-hybridized carbons (Fsp3) is 0.286. The highest BCUT2D eigenvalue weighted by Gasteiger charge is 2.19. The monoisotopic (exact) mass is 368 g/mol. The number of carbonyl (C=O) groups is 2. The van der Waals surface area contributed by atoms with E-state index in [0.29, 0.717) is 5.69 Å². The molecule has 2 aromatic carbocycles. The molecule has 0 aliphatic carbocycles. The van der Waals surface area contributed by atoms with Crippen molar-refractivity contribution in [2.45, 2.75) is 25.7 Å². The van der Waals surface area contributed by atoms with Crippen molar-refractivity contribution < 1.29 is 18.7 Å². The third-order valence-electron chi connectivity index (χ3n) is 4.08. The Morgan fingerprint density at radius 3 is 2.44 bits per heavy atom. The molecule has 27 heavy (non-hydrogen) atoms. The molecule has 5 nitrogen and oxygen atoms in total. The number of nitrogens with zero attached hydrogens (tertiary/aromatic N) is 2. The van der Waals surface area contributed by atoms with Gasteiger partial charge in [-0.05, 0) is 35.7 Å². The van der Waals surface area contributed by atoms with E-state index in [2.05, 4.69) is 0 Å². The smallest absolute Gasteiger partial charge is 0.306 e. The van der Waals surface area contributed by atoms with Gasteiger partial charge in [0.05, 0.1) is 18.9 Å². The van der Waals surface area contributed by atoms with Crippen LogP contribution < -0.4 is 4.90 Å². The maximum Gasteiger partial charge on any atom is 0.306 e. The highest BCUT2D eigenvalue weighted by atomic mass is 19.1. The van der Waals surface area contributed by atoms with Crippen LogP contribution in [-0.4, -0.2) is 25.0 Å². The summed E-state index contributed by atoms with van der Waals surface area (Å²) < 4.78 is 18.2. The molecule has 2 aromatic rings. The summed E-state index contributed by atoms with van der Waals surface area (Å²) in [5.74, 6) is -1.38. The average Bonchev–Trinajstić information content (AvgIpc) is 2.68. The first-order valence-corrected chi connectivity index (χ1v) is 8.64. The fourth-order valence-corrected chi connectivity index (χ4v) is 2.61. The van der Waals surface area contributed by atoms with Crippen LogP contribution in [0, 0.1) is 17.1 Å². The normalized spacial score (nSPS) is 11.3. The van der Waals surface area contributed by atoms with Crippen molar-refractivity contribution in [3.8, 4) is 6.07 Å². The molecular formula is C21H21FN2O3. The molecule has 0 heterocycles. The lowest BCUT2D eigenvalue weighted by molar-refractivity contribution is -0.148. The summed E-state index contributed by atoms with van der Waals surface area (Å²) in [6.07, 6.45) is 0.272. The summed E-state index contributed by atoms with van der Waals surface area (Å²) in [5, 5.41) is 8.78. The van der Waals surface area contributed by atoms with Crippen LogP contribution in [0.5, 0.6) is 0 Å². The number of nitriles is 1. The first-order valence-electron chi connectivity index (χ1n) is 8.64. The molecule has 0 saturated heterocycles. The zero-order valence-electron chi connectivity index (χ0n) is 15.1. The molecule has 0 fully saturated rings. The third-order valence-corrected chi connectivity index (χ3v) is 4.08. The van der Waals surface area contributed by atoms with Crippen LogP contribution in [0.1, 0.15) is 31.2 Å². The predicted molar refractivity (Wildman–Crippen MR) is 99.4 cm³/mol. The van der Waals surface area contributed by atoms with Gasteiger partial charge in [0.15, 0.2) is 6.61 Å². The van der Waals surface area contributed by atoms with E-state index in [0.717, 1.165) is 5.56 Å². The van der Waals surface area contributed by atoms with Crippen molar-refractivity contribution in [3.05, 3.63) is 66.0 Å². The molecule has 0 aliphatic rings. The van der Waals surface area contributed by atoms with Gasteiger partial charge >= 0.3 is 5.97 Å². The Hall–Kier alpha value is -3.20. The van der Waals surface area contributed by atoms with E-state index in [9.17, 15) is 14.0 Å². The van der Waals surface area contributed by atoms with E-state index in [-0.39, 0.29) is 25.3 Å². The molecule has 0 N–H and O–H groups in total. The van der Waals surface area contributed by atoms with Crippen molar-refractivity contribution in [1.82, 2.24) is 0 Å². The molecule has 1 unspecified atom stereocenters. The second-order valence-electron chi connectivity index (χ2n) is 6.11. The number of rotatable bonds is 8. The minimum absolute atomic E-state index is 0.0272. The lowest BCUT2D eigenvalue weighted by Gasteiger charge is -2.22. The van der Waals surface area contributed by atoms with Crippen molar-refractivity contribution >= 4 is 17.6 Å². The van der Waals surface area contributed by atoms with E-state index < -0.39 is 24.3 Å². The third kappa shape index (κ3) is 6.23. The molecule has 0 bridgehead atoms. The topological polar surface area (TPSA) is 70.4 Å². The molecule has 0 radical (unpaired) electrons. The minimum atomic E-state index is -0.473. The van der Waals surface area contributed by atoms with Crippen LogP contribution in [0.4, 0.5) is 10.1 Å². The van der Waals surface area contributed by atoms with Gasteiger partial charge in [0.1, 0.15) is 5.82 Å². The van der Waals surface area contributed by atoms with Gasteiger partial charge in [-0.1, -0.05) is 37.3 Å². The number of hydrogen-bond donors (Lipinski definition) is 0. The Bertz CT molecular complexity index is 800. The summed E-state index contributed by atoms with van der Waals surface area (Å²) in [6.45, 7) is 1.62. The molecule has 140 valence electrons. The summed E-state index contributed by atoms with van der Waals surface area (Å²) in [7, 11) is 0. The standard InChI is InChI=1S/C21H21FN2O3/c1-16(17-6-3-2-4-7-17)14-21(26)27-15-20(25)24(13-5-12-23)19-10-8-18(22)9-11-19/h2-4,6-11,16H,5,13-15H2,1H3. The molecule has 2 rings (SSSR count). The number of ether oxygens (including phenoxy) is 1. The van der Waals surface area contributed by atoms with Crippen LogP contribution in [0.2, 0.25) is 0 Å². The van der Waals surface area contributed by atoms with Crippen molar-refractivity contribution in [2.75, 3.05) is 18.1 Å². The molecule has 0 saturated carbocycles. The van der Waals surface area contributed by atoms with Gasteiger partial charge in [0.2, 0.25) is 0 Å². The highest BCUT2D eigenvalue weighted by molar-refractivity contribution is 5.95. The van der Waals surface area contributed by atoms with Crippen LogP contribution in [0.25, 0.3) is 0 Å². The SMILES string of the molecule is CC(CC(=O)OCC(=O)N(CCC#N)c1ccc(F)cc1)c1ccccc1. The van der Waals surface area contributed by atoms with Crippen molar-refractivity contribution in [3.63, 3.8) is 0 Å². The second-order valence-corrected chi connectivity index (χ2v) is 6.11. The van der Waals surface area contributed by atoms with Crippen LogP contribution in [0.3, 0.4) is 0 Å². The Balaban J connectivity index is 1.93. The molecule has 0 aromatic heterocycles. The number of halogens is 1. The molecule has 6 heteroatoms. The zero-order chi connectivity index (χ0) is 19.6. The minimum Gasteiger partial charge on any atom is -0.456 e. The highest BCUT2D eigenvalue weighted by Crippen LogP contribution is 2.19. The summed E-state index contributed by atoms with van der Waals surface area (Å²) in [6, 6.07) is 16.9. The molecule has 1 amide bonds. The van der Waals surface area contributed by atoms with Gasteiger partial charge < -0.3 is 9.64 Å². The van der Waals surface area contributed by atoms with Crippen molar-refractivity contribution in [2.24, 2.45) is 0 Å². The van der Waals surface area contributed by atoms with Gasteiger partial charge in [-0.15, -0.1) is 0 Å². The summed E-state index contributed by atoms with van der Waals surface area (Å²) >= 11 is 0. The van der Waals surface area contributed by atoms with Crippen molar-refractivity contribution in [1.29, 1.82) is 5.26 Å². The maximum atomic E-state index is 13.1. The van der Waals surface area contributed by atoms with E-state index in [1.54, 1.807) is 0 Å². The molecule has 0 spiro atoms. The Kier molecular flexibility index (Phi) is 7.50. The Morgan fingerprint density at radius 1 is 1.15 bits per heavy atom. The van der Waals surface area contributed by atoms with Gasteiger partial charge in [-0.2, -0.15) is 5.26 Å². The average molecular weight is 368 g/mol. The second kappa shape index (κ2) is 10.1. The summed E-state index contributed by atoms with van der Waals surface area (Å²) in [5.41, 5.74) is 1.47. The number of amides is 1. The van der Waals surface area contributed by atoms with E-state index >= 15 is 0 Å². The lowest BCUT2D eigenvalue weighted by atomic mass is 9.98. The van der Waals surface area contributed by atoms with E-state index in [1.165, 1.54) is 29.2 Å². The lowest BCUT2D eigenvalue weighted by Crippen LogP contribution is -2.35. The number of hydrogen-bond acceptors (Lipinski definition) is 4. The van der Waals surface area contributed by atoms with E-state index in [1.807, 2.05) is 43.3 Å². The zero-order valence-corrected chi connectivity index (χ0v) is 15.1. The van der Waals surface area contributed by atoms with Gasteiger partial charge in [0, 0.05) is 12.2 Å². The van der Waals surface area contributed by atoms with Gasteiger partial charge in [-0.3, -0.25) is 9.59 Å². The molecule has 0 aliphatic heterocycles. The fourth-order valence-electron chi connectivity index (χ4n) is 2.61. The molecular weight excluding hydrogens is 347 g/mol. The number of esters is 1. The summed E-state index contributed by atoms with van der Waals surface area (Å²) in [4.78, 5) is 25.8. The van der Waals surface area contributed by atoms with Crippen LogP contribution in [-0.2, 0) is 14.3 Å². The first-order chi connectivity index (χ1) is 13.0. The number of carbonyl (C=O) groups excluding carboxylic acids is 2. The molecule has 1 atom stereocenters.